The fourth-order valence-corrected chi connectivity index (χ4v) is 4.45. The third-order valence-electron chi connectivity index (χ3n) is 6.08. The van der Waals surface area contributed by atoms with Crippen LogP contribution in [0, 0.1) is 13.8 Å². The van der Waals surface area contributed by atoms with Gasteiger partial charge in [0.15, 0.2) is 5.65 Å². The minimum absolute atomic E-state index is 0.0653. The molecule has 1 amide bonds. The molecule has 0 unspecified atom stereocenters. The van der Waals surface area contributed by atoms with Gasteiger partial charge < -0.3 is 4.90 Å². The second-order valence-electron chi connectivity index (χ2n) is 8.40. The first kappa shape index (κ1) is 20.4. The summed E-state index contributed by atoms with van der Waals surface area (Å²) in [6.07, 6.45) is 0. The standard InChI is InChI=1S/C26H27N5O/c1-19-17-23(24-20(2)28-31(25(24)27-19)22-11-7-4-8-12-22)26(32)30-15-13-29(14-16-30)18-21-9-5-3-6-10-21/h3-12,17H,13-16,18H2,1-2H3. The molecule has 0 atom stereocenters. The Hall–Kier alpha value is -3.51. The lowest BCUT2D eigenvalue weighted by molar-refractivity contribution is 0.0630. The maximum absolute atomic E-state index is 13.6. The van der Waals surface area contributed by atoms with E-state index in [1.807, 2.05) is 65.9 Å². The zero-order valence-electron chi connectivity index (χ0n) is 18.5. The van der Waals surface area contributed by atoms with Crippen molar-refractivity contribution < 1.29 is 4.79 Å². The molecule has 1 fully saturated rings. The highest BCUT2D eigenvalue weighted by Crippen LogP contribution is 2.26. The van der Waals surface area contributed by atoms with Crippen molar-refractivity contribution in [3.63, 3.8) is 0 Å². The highest BCUT2D eigenvalue weighted by atomic mass is 16.2. The van der Waals surface area contributed by atoms with Crippen molar-refractivity contribution >= 4 is 16.9 Å². The van der Waals surface area contributed by atoms with Gasteiger partial charge in [0.2, 0.25) is 0 Å². The molecule has 1 saturated heterocycles. The van der Waals surface area contributed by atoms with Gasteiger partial charge >= 0.3 is 0 Å². The van der Waals surface area contributed by atoms with Gasteiger partial charge in [-0.05, 0) is 37.6 Å². The topological polar surface area (TPSA) is 54.3 Å². The number of fused-ring (bicyclic) bond motifs is 1. The van der Waals surface area contributed by atoms with Gasteiger partial charge in [-0.3, -0.25) is 9.69 Å². The SMILES string of the molecule is Cc1cc(C(=O)N2CCN(Cc3ccccc3)CC2)c2c(C)nn(-c3ccccc3)c2n1. The lowest BCUT2D eigenvalue weighted by Gasteiger charge is -2.35. The molecule has 0 spiro atoms. The first-order valence-corrected chi connectivity index (χ1v) is 11.1. The Bertz CT molecular complexity index is 1240. The number of carbonyl (C=O) groups is 1. The Balaban J connectivity index is 1.40. The lowest BCUT2D eigenvalue weighted by Crippen LogP contribution is -2.48. The van der Waals surface area contributed by atoms with Crippen LogP contribution in [-0.2, 0) is 6.54 Å². The summed E-state index contributed by atoms with van der Waals surface area (Å²) < 4.78 is 1.84. The largest absolute Gasteiger partial charge is 0.336 e. The molecule has 2 aromatic heterocycles. The summed E-state index contributed by atoms with van der Waals surface area (Å²) in [6, 6.07) is 22.4. The third kappa shape index (κ3) is 3.89. The van der Waals surface area contributed by atoms with Gasteiger partial charge in [0.1, 0.15) is 0 Å². The number of aryl methyl sites for hydroxylation is 2. The maximum atomic E-state index is 13.6. The second-order valence-corrected chi connectivity index (χ2v) is 8.40. The van der Waals surface area contributed by atoms with Crippen LogP contribution in [0.15, 0.2) is 66.7 Å². The second kappa shape index (κ2) is 8.55. The molecule has 6 nitrogen and oxygen atoms in total. The minimum Gasteiger partial charge on any atom is -0.336 e. The first-order chi connectivity index (χ1) is 15.6. The zero-order valence-corrected chi connectivity index (χ0v) is 18.5. The van der Waals surface area contributed by atoms with Crippen LogP contribution in [0.5, 0.6) is 0 Å². The predicted octanol–water partition coefficient (Wildman–Crippen LogP) is 4.00. The molecule has 0 N–H and O–H groups in total. The normalized spacial score (nSPS) is 14.8. The predicted molar refractivity (Wildman–Crippen MR) is 126 cm³/mol. The van der Waals surface area contributed by atoms with Gasteiger partial charge in [-0.25, -0.2) is 9.67 Å². The monoisotopic (exact) mass is 425 g/mol. The fourth-order valence-electron chi connectivity index (χ4n) is 4.45. The molecule has 0 radical (unpaired) electrons. The van der Waals surface area contributed by atoms with Gasteiger partial charge in [0, 0.05) is 38.4 Å². The van der Waals surface area contributed by atoms with Crippen LogP contribution in [-0.4, -0.2) is 56.7 Å². The van der Waals surface area contributed by atoms with Crippen molar-refractivity contribution in [2.24, 2.45) is 0 Å². The fraction of sp³-hybridized carbons (Fsp3) is 0.269. The van der Waals surface area contributed by atoms with Crippen molar-refractivity contribution in [2.45, 2.75) is 20.4 Å². The highest BCUT2D eigenvalue weighted by molar-refractivity contribution is 6.06. The zero-order chi connectivity index (χ0) is 22.1. The molecule has 162 valence electrons. The van der Waals surface area contributed by atoms with E-state index < -0.39 is 0 Å². The van der Waals surface area contributed by atoms with E-state index in [0.717, 1.165) is 60.8 Å². The Labute approximate surface area is 188 Å². The van der Waals surface area contributed by atoms with Crippen LogP contribution in [0.25, 0.3) is 16.7 Å². The molecule has 0 aliphatic carbocycles. The Morgan fingerprint density at radius 3 is 2.25 bits per heavy atom. The molecule has 1 aliphatic heterocycles. The number of hydrogen-bond donors (Lipinski definition) is 0. The van der Waals surface area contributed by atoms with Crippen LogP contribution in [0.2, 0.25) is 0 Å². The van der Waals surface area contributed by atoms with Gasteiger partial charge in [0.05, 0.1) is 22.3 Å². The van der Waals surface area contributed by atoms with Gasteiger partial charge in [-0.15, -0.1) is 0 Å². The quantitative estimate of drug-likeness (QED) is 0.496. The number of carbonyl (C=O) groups excluding carboxylic acids is 1. The number of amides is 1. The molecule has 5 rings (SSSR count). The van der Waals surface area contributed by atoms with E-state index in [9.17, 15) is 4.79 Å². The minimum atomic E-state index is 0.0653. The van der Waals surface area contributed by atoms with Crippen LogP contribution < -0.4 is 0 Å². The summed E-state index contributed by atoms with van der Waals surface area (Å²) in [7, 11) is 0. The van der Waals surface area contributed by atoms with E-state index in [2.05, 4.69) is 29.2 Å². The van der Waals surface area contributed by atoms with E-state index in [0.29, 0.717) is 5.56 Å². The molecule has 3 heterocycles. The Kier molecular flexibility index (Phi) is 5.45. The Morgan fingerprint density at radius 1 is 0.906 bits per heavy atom. The van der Waals surface area contributed by atoms with Crippen molar-refractivity contribution in [1.82, 2.24) is 24.6 Å². The van der Waals surface area contributed by atoms with Crippen molar-refractivity contribution in [3.05, 3.63) is 89.2 Å². The van der Waals surface area contributed by atoms with E-state index in [4.69, 9.17) is 10.1 Å². The summed E-state index contributed by atoms with van der Waals surface area (Å²) in [5.41, 5.74) is 5.32. The van der Waals surface area contributed by atoms with Gasteiger partial charge in [0.25, 0.3) is 5.91 Å². The maximum Gasteiger partial charge on any atom is 0.254 e. The average Bonchev–Trinajstić information content (AvgIpc) is 3.16. The summed E-state index contributed by atoms with van der Waals surface area (Å²) in [4.78, 5) is 22.7. The molecule has 32 heavy (non-hydrogen) atoms. The highest BCUT2D eigenvalue weighted by Gasteiger charge is 2.26. The first-order valence-electron chi connectivity index (χ1n) is 11.1. The van der Waals surface area contributed by atoms with Crippen molar-refractivity contribution in [3.8, 4) is 5.69 Å². The van der Waals surface area contributed by atoms with E-state index in [1.54, 1.807) is 0 Å². The number of piperazine rings is 1. The molecule has 0 bridgehead atoms. The molecule has 1 aliphatic rings. The van der Waals surface area contributed by atoms with Crippen LogP contribution in [0.1, 0.15) is 27.3 Å². The van der Waals surface area contributed by atoms with E-state index in [-0.39, 0.29) is 5.91 Å². The number of para-hydroxylation sites is 1. The number of benzene rings is 2. The van der Waals surface area contributed by atoms with E-state index >= 15 is 0 Å². The van der Waals surface area contributed by atoms with Crippen LogP contribution >= 0.6 is 0 Å². The third-order valence-corrected chi connectivity index (χ3v) is 6.08. The van der Waals surface area contributed by atoms with Crippen molar-refractivity contribution in [1.29, 1.82) is 0 Å². The smallest absolute Gasteiger partial charge is 0.254 e. The molecule has 6 heteroatoms. The number of nitrogens with zero attached hydrogens (tertiary/aromatic N) is 5. The molecule has 4 aromatic rings. The lowest BCUT2D eigenvalue weighted by atomic mass is 10.1. The number of aromatic nitrogens is 3. The summed E-state index contributed by atoms with van der Waals surface area (Å²) >= 11 is 0. The molecule has 0 saturated carbocycles. The Morgan fingerprint density at radius 2 is 1.56 bits per heavy atom. The molecular weight excluding hydrogens is 398 g/mol. The van der Waals surface area contributed by atoms with Gasteiger partial charge in [-0.2, -0.15) is 5.10 Å². The summed E-state index contributed by atoms with van der Waals surface area (Å²) in [5, 5.41) is 5.57. The summed E-state index contributed by atoms with van der Waals surface area (Å²) in [6.45, 7) is 8.00. The van der Waals surface area contributed by atoms with Crippen molar-refractivity contribution in [2.75, 3.05) is 26.2 Å². The van der Waals surface area contributed by atoms with Crippen LogP contribution in [0.3, 0.4) is 0 Å². The number of hydrogen-bond acceptors (Lipinski definition) is 4. The summed E-state index contributed by atoms with van der Waals surface area (Å²) in [5.74, 6) is 0.0653. The van der Waals surface area contributed by atoms with E-state index in [1.165, 1.54) is 5.56 Å². The molecular formula is C26H27N5O. The molecule has 2 aromatic carbocycles. The average molecular weight is 426 g/mol. The van der Waals surface area contributed by atoms with Gasteiger partial charge in [-0.1, -0.05) is 48.5 Å². The number of rotatable bonds is 4. The van der Waals surface area contributed by atoms with Crippen LogP contribution in [0.4, 0.5) is 0 Å². The number of pyridine rings is 1.